The number of benzene rings is 1. The molecule has 86 valence electrons. The summed E-state index contributed by atoms with van der Waals surface area (Å²) in [5.74, 6) is 1.04. The van der Waals surface area contributed by atoms with Gasteiger partial charge in [0.25, 0.3) is 0 Å². The van der Waals surface area contributed by atoms with E-state index in [1.807, 2.05) is 24.3 Å². The molecule has 0 radical (unpaired) electrons. The smallest absolute Gasteiger partial charge is 0.218 e. The van der Waals surface area contributed by atoms with Crippen molar-refractivity contribution in [1.82, 2.24) is 14.5 Å². The van der Waals surface area contributed by atoms with Crippen molar-refractivity contribution in [3.05, 3.63) is 53.2 Å². The summed E-state index contributed by atoms with van der Waals surface area (Å²) in [4.78, 5) is 8.34. The van der Waals surface area contributed by atoms with Crippen LogP contribution in [0.3, 0.4) is 0 Å². The maximum Gasteiger partial charge on any atom is 0.218 e. The van der Waals surface area contributed by atoms with E-state index in [1.165, 1.54) is 0 Å². The summed E-state index contributed by atoms with van der Waals surface area (Å²) in [5, 5.41) is 11.1. The number of imidazole rings is 1. The highest BCUT2D eigenvalue weighted by Gasteiger charge is 2.09. The van der Waals surface area contributed by atoms with E-state index in [1.54, 1.807) is 23.2 Å². The molecule has 0 aliphatic carbocycles. The van der Waals surface area contributed by atoms with Crippen molar-refractivity contribution in [1.29, 1.82) is 5.26 Å². The quantitative estimate of drug-likeness (QED) is 0.694. The highest BCUT2D eigenvalue weighted by Crippen LogP contribution is 2.27. The van der Waals surface area contributed by atoms with Crippen LogP contribution in [-0.2, 0) is 0 Å². The van der Waals surface area contributed by atoms with Crippen LogP contribution in [0.4, 0.5) is 0 Å². The lowest BCUT2D eigenvalue weighted by molar-refractivity contribution is 0.980. The first-order chi connectivity index (χ1) is 8.81. The van der Waals surface area contributed by atoms with Crippen molar-refractivity contribution < 1.29 is 0 Å². The topological polar surface area (TPSA) is 54.5 Å². The Labute approximate surface area is 112 Å². The van der Waals surface area contributed by atoms with Gasteiger partial charge in [0.05, 0.1) is 0 Å². The number of hydrogen-bond acceptors (Lipinski definition) is 3. The van der Waals surface area contributed by atoms with E-state index in [4.69, 9.17) is 5.26 Å². The molecule has 0 N–H and O–H groups in total. The minimum Gasteiger partial charge on any atom is -0.275 e. The molecule has 0 unspecified atom stereocenters. The molecule has 2 heterocycles. The van der Waals surface area contributed by atoms with E-state index in [-0.39, 0.29) is 0 Å². The van der Waals surface area contributed by atoms with Crippen LogP contribution in [0.2, 0.25) is 0 Å². The second-order valence-corrected chi connectivity index (χ2v) is 4.56. The third-order valence-electron chi connectivity index (χ3n) is 2.70. The van der Waals surface area contributed by atoms with Gasteiger partial charge in [0, 0.05) is 33.8 Å². The van der Waals surface area contributed by atoms with Gasteiger partial charge < -0.3 is 0 Å². The van der Waals surface area contributed by atoms with E-state index >= 15 is 0 Å². The van der Waals surface area contributed by atoms with Crippen LogP contribution in [0, 0.1) is 11.3 Å². The van der Waals surface area contributed by atoms with Gasteiger partial charge in [-0.1, -0.05) is 28.1 Å². The van der Waals surface area contributed by atoms with Gasteiger partial charge in [0.2, 0.25) is 5.82 Å². The lowest BCUT2D eigenvalue weighted by atomic mass is 10.1. The Kier molecular flexibility index (Phi) is 2.58. The van der Waals surface area contributed by atoms with E-state index < -0.39 is 0 Å². The SMILES string of the molecule is N#Cc1nccn1-c1nccc2c(Br)cccc12. The van der Waals surface area contributed by atoms with Gasteiger partial charge >= 0.3 is 0 Å². The van der Waals surface area contributed by atoms with E-state index in [2.05, 4.69) is 32.0 Å². The number of nitriles is 1. The Morgan fingerprint density at radius 3 is 2.83 bits per heavy atom. The van der Waals surface area contributed by atoms with Gasteiger partial charge in [-0.15, -0.1) is 0 Å². The van der Waals surface area contributed by atoms with Gasteiger partial charge in [-0.05, 0) is 12.1 Å². The number of rotatable bonds is 1. The first-order valence-electron chi connectivity index (χ1n) is 5.28. The summed E-state index contributed by atoms with van der Waals surface area (Å²) in [6.07, 6.45) is 5.06. The number of hydrogen-bond donors (Lipinski definition) is 0. The predicted molar refractivity (Wildman–Crippen MR) is 71.3 cm³/mol. The fraction of sp³-hybridized carbons (Fsp3) is 0. The molecule has 0 aliphatic rings. The third-order valence-corrected chi connectivity index (χ3v) is 3.39. The molecule has 0 saturated heterocycles. The van der Waals surface area contributed by atoms with Crippen molar-refractivity contribution in [2.24, 2.45) is 0 Å². The molecule has 0 spiro atoms. The molecule has 3 rings (SSSR count). The van der Waals surface area contributed by atoms with Crippen molar-refractivity contribution >= 4 is 26.7 Å². The minimum absolute atomic E-state index is 0.329. The van der Waals surface area contributed by atoms with Crippen molar-refractivity contribution in [3.63, 3.8) is 0 Å². The van der Waals surface area contributed by atoms with Crippen LogP contribution in [0.25, 0.3) is 16.6 Å². The molecule has 5 heteroatoms. The molecule has 4 nitrogen and oxygen atoms in total. The third kappa shape index (κ3) is 1.59. The summed E-state index contributed by atoms with van der Waals surface area (Å²) < 4.78 is 2.69. The number of pyridine rings is 1. The average molecular weight is 299 g/mol. The zero-order chi connectivity index (χ0) is 12.5. The molecule has 1 aromatic carbocycles. The molecule has 3 aromatic rings. The number of fused-ring (bicyclic) bond motifs is 1. The first-order valence-corrected chi connectivity index (χ1v) is 6.07. The Balaban J connectivity index is 2.38. The Hall–Kier alpha value is -2.19. The van der Waals surface area contributed by atoms with E-state index in [0.29, 0.717) is 11.6 Å². The standard InChI is InChI=1S/C13H7BrN4/c14-11-3-1-2-10-9(11)4-5-17-13(10)18-7-6-16-12(18)8-15/h1-7H. The summed E-state index contributed by atoms with van der Waals surface area (Å²) >= 11 is 3.51. The lowest BCUT2D eigenvalue weighted by Gasteiger charge is -2.07. The van der Waals surface area contributed by atoms with Crippen LogP contribution in [0.1, 0.15) is 5.82 Å². The molecule has 2 aromatic heterocycles. The largest absolute Gasteiger partial charge is 0.275 e. The zero-order valence-electron chi connectivity index (χ0n) is 9.21. The van der Waals surface area contributed by atoms with Crippen LogP contribution >= 0.6 is 15.9 Å². The molecular weight excluding hydrogens is 292 g/mol. The number of halogens is 1. The average Bonchev–Trinajstić information content (AvgIpc) is 2.87. The van der Waals surface area contributed by atoms with Gasteiger partial charge in [-0.2, -0.15) is 5.26 Å². The summed E-state index contributed by atoms with van der Waals surface area (Å²) in [5.41, 5.74) is 0. The van der Waals surface area contributed by atoms with Crippen molar-refractivity contribution in [2.45, 2.75) is 0 Å². The molecule has 0 amide bonds. The van der Waals surface area contributed by atoms with Crippen LogP contribution < -0.4 is 0 Å². The Bertz CT molecular complexity index is 770. The van der Waals surface area contributed by atoms with E-state index in [9.17, 15) is 0 Å². The maximum atomic E-state index is 9.02. The number of aromatic nitrogens is 3. The second kappa shape index (κ2) is 4.24. The molecule has 0 fully saturated rings. The Morgan fingerprint density at radius 2 is 2.00 bits per heavy atom. The van der Waals surface area contributed by atoms with Gasteiger partial charge in [-0.25, -0.2) is 9.97 Å². The van der Waals surface area contributed by atoms with Crippen LogP contribution in [0.5, 0.6) is 0 Å². The highest BCUT2D eigenvalue weighted by molar-refractivity contribution is 9.10. The number of nitrogens with zero attached hydrogens (tertiary/aromatic N) is 4. The van der Waals surface area contributed by atoms with Gasteiger partial charge in [-0.3, -0.25) is 4.57 Å². The summed E-state index contributed by atoms with van der Waals surface area (Å²) in [6, 6.07) is 9.89. The van der Waals surface area contributed by atoms with Crippen LogP contribution in [-0.4, -0.2) is 14.5 Å². The Morgan fingerprint density at radius 1 is 1.11 bits per heavy atom. The van der Waals surface area contributed by atoms with Crippen molar-refractivity contribution in [2.75, 3.05) is 0 Å². The van der Waals surface area contributed by atoms with Gasteiger partial charge in [0.15, 0.2) is 0 Å². The van der Waals surface area contributed by atoms with Gasteiger partial charge in [0.1, 0.15) is 11.9 Å². The fourth-order valence-electron chi connectivity index (χ4n) is 1.90. The normalized spacial score (nSPS) is 10.4. The highest BCUT2D eigenvalue weighted by atomic mass is 79.9. The monoisotopic (exact) mass is 298 g/mol. The second-order valence-electron chi connectivity index (χ2n) is 3.70. The molecule has 0 aliphatic heterocycles. The summed E-state index contributed by atoms with van der Waals surface area (Å²) in [7, 11) is 0. The molecule has 0 atom stereocenters. The fourth-order valence-corrected chi connectivity index (χ4v) is 2.40. The molecule has 0 saturated carbocycles. The van der Waals surface area contributed by atoms with E-state index in [0.717, 1.165) is 15.2 Å². The summed E-state index contributed by atoms with van der Waals surface area (Å²) in [6.45, 7) is 0. The molecule has 18 heavy (non-hydrogen) atoms. The van der Waals surface area contributed by atoms with Crippen molar-refractivity contribution in [3.8, 4) is 11.9 Å². The predicted octanol–water partition coefficient (Wildman–Crippen LogP) is 3.05. The first kappa shape index (κ1) is 10.9. The molecular formula is C13H7BrN4. The lowest BCUT2D eigenvalue weighted by Crippen LogP contribution is -2.00. The zero-order valence-corrected chi connectivity index (χ0v) is 10.8. The van der Waals surface area contributed by atoms with Crippen LogP contribution in [0.15, 0.2) is 47.3 Å². The maximum absolute atomic E-state index is 9.02. The molecule has 0 bridgehead atoms. The minimum atomic E-state index is 0.329.